The number of pyridine rings is 1. The molecule has 0 saturated heterocycles. The van der Waals surface area contributed by atoms with Gasteiger partial charge in [-0.05, 0) is 43.2 Å². The van der Waals surface area contributed by atoms with E-state index in [4.69, 9.17) is 4.74 Å². The van der Waals surface area contributed by atoms with Gasteiger partial charge in [0.25, 0.3) is 11.3 Å². The second-order valence-electron chi connectivity index (χ2n) is 8.75. The molecule has 4 aromatic rings. The molecule has 0 aliphatic heterocycles. The van der Waals surface area contributed by atoms with Gasteiger partial charge in [-0.3, -0.25) is 14.9 Å². The number of rotatable bonds is 8. The molecule has 2 aromatic heterocycles. The molecule has 2 aromatic carbocycles. The number of alkyl halides is 3. The monoisotopic (exact) mass is 552 g/mol. The highest BCUT2D eigenvalue weighted by Gasteiger charge is 2.60. The van der Waals surface area contributed by atoms with E-state index < -0.39 is 34.8 Å². The topological polar surface area (TPSA) is 154 Å². The minimum absolute atomic E-state index is 0.0330. The Hall–Kier alpha value is -5.19. The number of carbonyl (C=O) groups is 2. The maximum Gasteiger partial charge on any atom is 0.434 e. The molecule has 0 amide bonds. The van der Waals surface area contributed by atoms with Crippen LogP contribution in [0.5, 0.6) is 0 Å². The number of nitrogens with zero attached hydrogens (tertiary/aromatic N) is 6. The molecule has 40 heavy (non-hydrogen) atoms. The van der Waals surface area contributed by atoms with E-state index in [1.807, 2.05) is 6.07 Å². The Morgan fingerprint density at radius 3 is 2.42 bits per heavy atom. The molecule has 0 aliphatic carbocycles. The van der Waals surface area contributed by atoms with Gasteiger partial charge in [-0.25, -0.2) is 14.5 Å². The number of halogens is 3. The summed E-state index contributed by atoms with van der Waals surface area (Å²) in [6.07, 6.45) is -4.80. The molecule has 11 nitrogen and oxygen atoms in total. The van der Waals surface area contributed by atoms with Gasteiger partial charge in [0.15, 0.2) is 5.78 Å². The van der Waals surface area contributed by atoms with E-state index in [9.17, 15) is 38.1 Å². The van der Waals surface area contributed by atoms with Crippen LogP contribution in [-0.4, -0.2) is 42.8 Å². The number of aromatic nitrogens is 4. The first kappa shape index (κ1) is 27.8. The summed E-state index contributed by atoms with van der Waals surface area (Å²) in [7, 11) is 0. The maximum atomic E-state index is 14.4. The number of nitro groups is 1. The zero-order valence-corrected chi connectivity index (χ0v) is 21.0. The van der Waals surface area contributed by atoms with Crippen LogP contribution in [0.25, 0.3) is 10.9 Å². The van der Waals surface area contributed by atoms with Crippen LogP contribution in [0.2, 0.25) is 0 Å². The summed E-state index contributed by atoms with van der Waals surface area (Å²) >= 11 is 0. The quantitative estimate of drug-likeness (QED) is 0.129. The molecular formula is C26H19F3N6O5. The third-order valence-corrected chi connectivity index (χ3v) is 6.20. The van der Waals surface area contributed by atoms with Crippen molar-refractivity contribution in [1.82, 2.24) is 20.0 Å². The summed E-state index contributed by atoms with van der Waals surface area (Å²) in [6.45, 7) is 2.48. The fraction of sp³-hybridized carbons (Fsp3) is 0.231. The van der Waals surface area contributed by atoms with Crippen LogP contribution in [0.15, 0.2) is 54.7 Å². The minimum atomic E-state index is -5.08. The molecule has 2 heterocycles. The van der Waals surface area contributed by atoms with Crippen LogP contribution >= 0.6 is 0 Å². The van der Waals surface area contributed by atoms with Gasteiger partial charge >= 0.3 is 12.1 Å². The fourth-order valence-electron chi connectivity index (χ4n) is 4.11. The zero-order chi connectivity index (χ0) is 29.2. The average Bonchev–Trinajstić information content (AvgIpc) is 3.38. The first-order chi connectivity index (χ1) is 18.9. The number of non-ortho nitro benzene ring substituents is 1. The van der Waals surface area contributed by atoms with Gasteiger partial charge in [0.1, 0.15) is 17.5 Å². The lowest BCUT2D eigenvalue weighted by atomic mass is 9.95. The molecule has 0 aliphatic rings. The standard InChI is InChI=1S/C26H19F3N6O5/c1-3-25(26(27,28)29,40-24(37)17-5-7-19(8-6-17)35(38)39)23-14-34(33-32-23)13-16-4-9-20-21(15(2)36)11-18(12-30)31-22(20)10-16/h4-11,14H,3,13H2,1-2H3/t25-/m0/s1. The minimum Gasteiger partial charge on any atom is -0.439 e. The number of hydrogen-bond acceptors (Lipinski definition) is 9. The van der Waals surface area contributed by atoms with Crippen molar-refractivity contribution < 1.29 is 32.4 Å². The second-order valence-corrected chi connectivity index (χ2v) is 8.75. The van der Waals surface area contributed by atoms with Gasteiger partial charge in [-0.1, -0.05) is 24.3 Å². The lowest BCUT2D eigenvalue weighted by molar-refractivity contribution is -0.384. The van der Waals surface area contributed by atoms with Crippen molar-refractivity contribution in [3.63, 3.8) is 0 Å². The normalized spacial score (nSPS) is 12.9. The van der Waals surface area contributed by atoms with Crippen molar-refractivity contribution in [2.45, 2.75) is 38.6 Å². The second kappa shape index (κ2) is 10.5. The van der Waals surface area contributed by atoms with Gasteiger partial charge in [0.2, 0.25) is 0 Å². The Kier molecular flexibility index (Phi) is 7.32. The van der Waals surface area contributed by atoms with Crippen LogP contribution in [0.3, 0.4) is 0 Å². The molecule has 4 rings (SSSR count). The number of ether oxygens (including phenoxy) is 1. The third kappa shape index (κ3) is 5.21. The van der Waals surface area contributed by atoms with Crippen LogP contribution < -0.4 is 0 Å². The van der Waals surface area contributed by atoms with Crippen LogP contribution in [0, 0.1) is 21.4 Å². The molecule has 0 unspecified atom stereocenters. The van der Waals surface area contributed by atoms with E-state index in [1.165, 1.54) is 19.9 Å². The summed E-state index contributed by atoms with van der Waals surface area (Å²) in [6, 6.07) is 12.1. The Morgan fingerprint density at radius 1 is 1.15 bits per heavy atom. The molecule has 0 bridgehead atoms. The van der Waals surface area contributed by atoms with Crippen LogP contribution in [0.1, 0.15) is 57.9 Å². The third-order valence-electron chi connectivity index (χ3n) is 6.20. The first-order valence-electron chi connectivity index (χ1n) is 11.7. The average molecular weight is 552 g/mol. The van der Waals surface area contributed by atoms with Gasteiger partial charge in [-0.2, -0.15) is 18.4 Å². The Labute approximate surface area is 224 Å². The molecule has 0 saturated carbocycles. The van der Waals surface area contributed by atoms with E-state index in [0.717, 1.165) is 35.1 Å². The summed E-state index contributed by atoms with van der Waals surface area (Å²) in [5, 5.41) is 28.0. The predicted octanol–water partition coefficient (Wildman–Crippen LogP) is 4.88. The Bertz CT molecular complexity index is 1680. The lowest BCUT2D eigenvalue weighted by Gasteiger charge is -2.32. The zero-order valence-electron chi connectivity index (χ0n) is 21.0. The van der Waals surface area contributed by atoms with E-state index in [2.05, 4.69) is 15.3 Å². The number of ketones is 1. The van der Waals surface area contributed by atoms with E-state index in [0.29, 0.717) is 22.0 Å². The fourth-order valence-corrected chi connectivity index (χ4v) is 4.11. The number of nitro benzene ring substituents is 1. The molecule has 0 N–H and O–H groups in total. The van der Waals surface area contributed by atoms with Crippen molar-refractivity contribution in [3.05, 3.63) is 92.9 Å². The van der Waals surface area contributed by atoms with Gasteiger partial charge in [0.05, 0.1) is 28.7 Å². The SMILES string of the molecule is CC[C@](OC(=O)c1ccc([N+](=O)[O-])cc1)(c1cn(Cc2ccc3c(C(C)=O)cc(C#N)nc3c2)nn1)C(F)(F)F. The van der Waals surface area contributed by atoms with E-state index in [1.54, 1.807) is 18.2 Å². The van der Waals surface area contributed by atoms with Crippen molar-refractivity contribution >= 4 is 28.3 Å². The number of carbonyl (C=O) groups excluding carboxylic acids is 2. The van der Waals surface area contributed by atoms with Crippen molar-refractivity contribution in [2.24, 2.45) is 0 Å². The predicted molar refractivity (Wildman–Crippen MR) is 132 cm³/mol. The molecule has 0 spiro atoms. The van der Waals surface area contributed by atoms with Gasteiger partial charge in [-0.15, -0.1) is 5.10 Å². The summed E-state index contributed by atoms with van der Waals surface area (Å²) in [4.78, 5) is 39.0. The maximum absolute atomic E-state index is 14.4. The molecule has 0 radical (unpaired) electrons. The highest BCUT2D eigenvalue weighted by atomic mass is 19.4. The molecule has 1 atom stereocenters. The smallest absolute Gasteiger partial charge is 0.434 e. The molecule has 14 heteroatoms. The molecular weight excluding hydrogens is 533 g/mol. The van der Waals surface area contributed by atoms with Crippen molar-refractivity contribution in [1.29, 1.82) is 5.26 Å². The van der Waals surface area contributed by atoms with Gasteiger partial charge in [0, 0.05) is 23.1 Å². The number of nitriles is 1. The lowest BCUT2D eigenvalue weighted by Crippen LogP contribution is -2.46. The number of esters is 1. The number of fused-ring (bicyclic) bond motifs is 1. The van der Waals surface area contributed by atoms with Crippen molar-refractivity contribution in [3.8, 4) is 6.07 Å². The largest absolute Gasteiger partial charge is 0.439 e. The Balaban J connectivity index is 1.66. The van der Waals surface area contributed by atoms with E-state index in [-0.39, 0.29) is 29.3 Å². The Morgan fingerprint density at radius 2 is 1.85 bits per heavy atom. The summed E-state index contributed by atoms with van der Waals surface area (Å²) in [5.41, 5.74) is -3.24. The van der Waals surface area contributed by atoms with E-state index >= 15 is 0 Å². The van der Waals surface area contributed by atoms with Crippen molar-refractivity contribution in [2.75, 3.05) is 0 Å². The molecule has 204 valence electrons. The number of benzene rings is 2. The summed E-state index contributed by atoms with van der Waals surface area (Å²) in [5.74, 6) is -1.61. The van der Waals surface area contributed by atoms with Gasteiger partial charge < -0.3 is 4.74 Å². The first-order valence-corrected chi connectivity index (χ1v) is 11.7. The summed E-state index contributed by atoms with van der Waals surface area (Å²) < 4.78 is 49.3. The molecule has 0 fully saturated rings. The number of hydrogen-bond donors (Lipinski definition) is 0. The highest BCUT2D eigenvalue weighted by Crippen LogP contribution is 2.44. The number of Topliss-reactive ketones (excluding diaryl/α,β-unsaturated/α-hetero) is 1. The van der Waals surface area contributed by atoms with Crippen LogP contribution in [0.4, 0.5) is 18.9 Å². The highest BCUT2D eigenvalue weighted by molar-refractivity contribution is 6.06. The van der Waals surface area contributed by atoms with Crippen LogP contribution in [-0.2, 0) is 16.9 Å².